The first-order valence-electron chi connectivity index (χ1n) is 3.54. The van der Waals surface area contributed by atoms with Crippen molar-refractivity contribution in [2.75, 3.05) is 6.07 Å². The van der Waals surface area contributed by atoms with Gasteiger partial charge in [0.2, 0.25) is 0 Å². The molecule has 2 nitrogen and oxygen atoms in total. The lowest BCUT2D eigenvalue weighted by Gasteiger charge is -2.00. The van der Waals surface area contributed by atoms with Crippen LogP contribution < -0.4 is 0 Å². The van der Waals surface area contributed by atoms with E-state index in [2.05, 4.69) is 4.74 Å². The molecule has 0 heterocycles. The van der Waals surface area contributed by atoms with E-state index in [-0.39, 0.29) is 12.0 Å². The van der Waals surface area contributed by atoms with Crippen LogP contribution in [-0.2, 0) is 4.74 Å². The van der Waals surface area contributed by atoms with Gasteiger partial charge < -0.3 is 4.74 Å². The number of rotatable bonds is 2. The molecule has 0 atom stereocenters. The third-order valence-electron chi connectivity index (χ3n) is 1.44. The SMILES string of the molecule is Cc1cccc(C(=O)OCCl)c1. The molecule has 0 aliphatic carbocycles. The average Bonchev–Trinajstić information content (AvgIpc) is 2.05. The molecule has 1 rings (SSSR count). The highest BCUT2D eigenvalue weighted by molar-refractivity contribution is 6.17. The number of hydrogen-bond donors (Lipinski definition) is 0. The lowest BCUT2D eigenvalue weighted by molar-refractivity contribution is 0.0574. The van der Waals surface area contributed by atoms with Crippen molar-refractivity contribution in [1.29, 1.82) is 0 Å². The first kappa shape index (κ1) is 9.07. The van der Waals surface area contributed by atoms with Crippen LogP contribution in [-0.4, -0.2) is 12.0 Å². The van der Waals surface area contributed by atoms with Crippen LogP contribution in [0.5, 0.6) is 0 Å². The smallest absolute Gasteiger partial charge is 0.339 e. The van der Waals surface area contributed by atoms with E-state index < -0.39 is 0 Å². The number of esters is 1. The zero-order valence-electron chi connectivity index (χ0n) is 6.71. The molecular formula is C9H9ClO2. The minimum atomic E-state index is -0.381. The molecule has 0 bridgehead atoms. The Morgan fingerprint density at radius 2 is 2.33 bits per heavy atom. The first-order valence-corrected chi connectivity index (χ1v) is 4.07. The molecule has 0 saturated carbocycles. The van der Waals surface area contributed by atoms with Crippen LogP contribution in [0.3, 0.4) is 0 Å². The first-order chi connectivity index (χ1) is 5.74. The molecule has 0 aliphatic heterocycles. The van der Waals surface area contributed by atoms with Gasteiger partial charge in [-0.1, -0.05) is 29.3 Å². The molecule has 0 amide bonds. The molecule has 1 aromatic rings. The van der Waals surface area contributed by atoms with Crippen LogP contribution in [0.2, 0.25) is 0 Å². The van der Waals surface area contributed by atoms with Crippen molar-refractivity contribution in [3.63, 3.8) is 0 Å². The Morgan fingerprint density at radius 1 is 1.58 bits per heavy atom. The fourth-order valence-corrected chi connectivity index (χ4v) is 1.00. The molecule has 0 aliphatic rings. The Balaban J connectivity index is 2.81. The van der Waals surface area contributed by atoms with Gasteiger partial charge in [-0.3, -0.25) is 0 Å². The molecule has 0 aromatic heterocycles. The van der Waals surface area contributed by atoms with Crippen LogP contribution in [0.4, 0.5) is 0 Å². The second-order valence-corrected chi connectivity index (χ2v) is 2.63. The number of alkyl halides is 1. The summed E-state index contributed by atoms with van der Waals surface area (Å²) in [5.41, 5.74) is 1.56. The predicted octanol–water partition coefficient (Wildman–Crippen LogP) is 2.35. The third-order valence-corrected chi connectivity index (χ3v) is 1.55. The minimum absolute atomic E-state index is 0.104. The fourth-order valence-electron chi connectivity index (χ4n) is 0.905. The Bertz CT molecular complexity index is 284. The summed E-state index contributed by atoms with van der Waals surface area (Å²) in [5, 5.41) is 0. The van der Waals surface area contributed by atoms with Gasteiger partial charge in [0.15, 0.2) is 6.07 Å². The number of hydrogen-bond acceptors (Lipinski definition) is 2. The number of carbonyl (C=O) groups is 1. The van der Waals surface area contributed by atoms with Gasteiger partial charge in [-0.15, -0.1) is 0 Å². The quantitative estimate of drug-likeness (QED) is 0.521. The predicted molar refractivity (Wildman–Crippen MR) is 47.3 cm³/mol. The van der Waals surface area contributed by atoms with Gasteiger partial charge in [0.05, 0.1) is 5.56 Å². The Hall–Kier alpha value is -1.02. The maximum Gasteiger partial charge on any atom is 0.339 e. The Kier molecular flexibility index (Phi) is 3.11. The molecule has 3 heteroatoms. The highest BCUT2D eigenvalue weighted by atomic mass is 35.5. The van der Waals surface area contributed by atoms with E-state index in [0.29, 0.717) is 5.56 Å². The molecule has 0 radical (unpaired) electrons. The van der Waals surface area contributed by atoms with Crippen molar-refractivity contribution in [2.45, 2.75) is 6.92 Å². The zero-order chi connectivity index (χ0) is 8.97. The van der Waals surface area contributed by atoms with Crippen molar-refractivity contribution in [3.05, 3.63) is 35.4 Å². The number of ether oxygens (including phenoxy) is 1. The Labute approximate surface area is 76.1 Å². The maximum absolute atomic E-state index is 11.1. The summed E-state index contributed by atoms with van der Waals surface area (Å²) in [6.45, 7) is 1.91. The van der Waals surface area contributed by atoms with Crippen LogP contribution in [0, 0.1) is 6.92 Å². The van der Waals surface area contributed by atoms with Crippen LogP contribution >= 0.6 is 11.6 Å². The van der Waals surface area contributed by atoms with E-state index >= 15 is 0 Å². The van der Waals surface area contributed by atoms with Crippen LogP contribution in [0.25, 0.3) is 0 Å². The summed E-state index contributed by atoms with van der Waals surface area (Å²) in [6, 6.07) is 7.07. The van der Waals surface area contributed by atoms with Gasteiger partial charge in [-0.05, 0) is 19.1 Å². The molecule has 0 N–H and O–H groups in total. The van der Waals surface area contributed by atoms with Crippen molar-refractivity contribution in [1.82, 2.24) is 0 Å². The van der Waals surface area contributed by atoms with Crippen molar-refractivity contribution < 1.29 is 9.53 Å². The molecule has 12 heavy (non-hydrogen) atoms. The molecular weight excluding hydrogens is 176 g/mol. The van der Waals surface area contributed by atoms with Crippen LogP contribution in [0.15, 0.2) is 24.3 Å². The molecule has 64 valence electrons. The number of benzene rings is 1. The lowest BCUT2D eigenvalue weighted by atomic mass is 10.1. The van der Waals surface area contributed by atoms with E-state index in [0.717, 1.165) is 5.56 Å². The summed E-state index contributed by atoms with van der Waals surface area (Å²) < 4.78 is 4.61. The zero-order valence-corrected chi connectivity index (χ0v) is 7.47. The minimum Gasteiger partial charge on any atom is -0.446 e. The van der Waals surface area contributed by atoms with E-state index in [1.54, 1.807) is 18.2 Å². The summed E-state index contributed by atoms with van der Waals surface area (Å²) in [4.78, 5) is 11.1. The van der Waals surface area contributed by atoms with Gasteiger partial charge in [0.1, 0.15) is 0 Å². The fraction of sp³-hybridized carbons (Fsp3) is 0.222. The normalized spacial score (nSPS) is 9.50. The lowest BCUT2D eigenvalue weighted by Crippen LogP contribution is -2.03. The van der Waals surface area contributed by atoms with Crippen molar-refractivity contribution in [2.24, 2.45) is 0 Å². The summed E-state index contributed by atoms with van der Waals surface area (Å²) in [7, 11) is 0. The van der Waals surface area contributed by atoms with Gasteiger partial charge in [-0.25, -0.2) is 4.79 Å². The highest BCUT2D eigenvalue weighted by Crippen LogP contribution is 2.05. The molecule has 0 unspecified atom stereocenters. The largest absolute Gasteiger partial charge is 0.446 e. The van der Waals surface area contributed by atoms with Gasteiger partial charge >= 0.3 is 5.97 Å². The summed E-state index contributed by atoms with van der Waals surface area (Å²) in [6.07, 6.45) is 0. The van der Waals surface area contributed by atoms with Crippen molar-refractivity contribution >= 4 is 17.6 Å². The molecule has 1 aromatic carbocycles. The molecule has 0 spiro atoms. The number of carbonyl (C=O) groups excluding carboxylic acids is 1. The van der Waals surface area contributed by atoms with Gasteiger partial charge in [-0.2, -0.15) is 0 Å². The van der Waals surface area contributed by atoms with E-state index in [1.807, 2.05) is 13.0 Å². The molecule has 0 saturated heterocycles. The summed E-state index contributed by atoms with van der Waals surface area (Å²) >= 11 is 5.24. The second kappa shape index (κ2) is 4.12. The molecule has 0 fully saturated rings. The monoisotopic (exact) mass is 184 g/mol. The topological polar surface area (TPSA) is 26.3 Å². The van der Waals surface area contributed by atoms with Gasteiger partial charge in [0, 0.05) is 0 Å². The summed E-state index contributed by atoms with van der Waals surface area (Å²) in [5.74, 6) is -0.381. The Morgan fingerprint density at radius 3 is 2.92 bits per heavy atom. The maximum atomic E-state index is 11.1. The van der Waals surface area contributed by atoms with Gasteiger partial charge in [0.25, 0.3) is 0 Å². The number of halogens is 1. The van der Waals surface area contributed by atoms with Crippen molar-refractivity contribution in [3.8, 4) is 0 Å². The van der Waals surface area contributed by atoms with Crippen LogP contribution in [0.1, 0.15) is 15.9 Å². The number of aryl methyl sites for hydroxylation is 1. The standard InChI is InChI=1S/C9H9ClO2/c1-7-3-2-4-8(5-7)9(11)12-6-10/h2-5H,6H2,1H3. The third kappa shape index (κ3) is 2.24. The van der Waals surface area contributed by atoms with E-state index in [9.17, 15) is 4.79 Å². The average molecular weight is 185 g/mol. The highest BCUT2D eigenvalue weighted by Gasteiger charge is 2.04. The second-order valence-electron chi connectivity index (χ2n) is 2.41. The van der Waals surface area contributed by atoms with E-state index in [4.69, 9.17) is 11.6 Å². The van der Waals surface area contributed by atoms with E-state index in [1.165, 1.54) is 0 Å².